The Kier molecular flexibility index (Phi) is 6.77. The zero-order valence-corrected chi connectivity index (χ0v) is 19.5. The minimum Gasteiger partial charge on any atom is -0.376 e. The summed E-state index contributed by atoms with van der Waals surface area (Å²) in [5, 5.41) is 2.85. The quantitative estimate of drug-likeness (QED) is 0.484. The summed E-state index contributed by atoms with van der Waals surface area (Å²) in [4.78, 5) is 15.9. The molecule has 0 aromatic heterocycles. The van der Waals surface area contributed by atoms with Crippen molar-refractivity contribution in [2.75, 3.05) is 42.9 Å². The van der Waals surface area contributed by atoms with Crippen LogP contribution in [0.4, 0.5) is 24.5 Å². The highest BCUT2D eigenvalue weighted by Crippen LogP contribution is 2.36. The predicted molar refractivity (Wildman–Crippen MR) is 123 cm³/mol. The molecule has 1 unspecified atom stereocenters. The van der Waals surface area contributed by atoms with Crippen molar-refractivity contribution in [2.24, 2.45) is 0 Å². The lowest BCUT2D eigenvalue weighted by atomic mass is 9.99. The number of benzene rings is 2. The highest BCUT2D eigenvalue weighted by atomic mass is 32.2. The molecule has 0 saturated carbocycles. The number of nitrogens with one attached hydrogen (secondary N) is 1. The van der Waals surface area contributed by atoms with Crippen LogP contribution in [0.5, 0.6) is 5.75 Å². The van der Waals surface area contributed by atoms with Crippen molar-refractivity contribution in [1.82, 2.24) is 4.90 Å². The topological polar surface area (TPSA) is 79.0 Å². The Morgan fingerprint density at radius 3 is 2.38 bits per heavy atom. The first-order chi connectivity index (χ1) is 16.0. The number of alkyl halides is 3. The van der Waals surface area contributed by atoms with Crippen LogP contribution in [0.25, 0.3) is 0 Å². The molecule has 1 heterocycles. The highest BCUT2D eigenvalue weighted by molar-refractivity contribution is 7.88. The van der Waals surface area contributed by atoms with Crippen molar-refractivity contribution in [1.29, 1.82) is 0 Å². The number of halogens is 3. The van der Waals surface area contributed by atoms with Gasteiger partial charge in [-0.1, -0.05) is 6.07 Å². The van der Waals surface area contributed by atoms with Gasteiger partial charge >= 0.3 is 15.6 Å². The van der Waals surface area contributed by atoms with Gasteiger partial charge in [0.2, 0.25) is 5.91 Å². The van der Waals surface area contributed by atoms with E-state index in [0.717, 1.165) is 56.9 Å². The molecule has 34 heavy (non-hydrogen) atoms. The molecule has 0 radical (unpaired) electrons. The number of rotatable bonds is 6. The van der Waals surface area contributed by atoms with Crippen molar-refractivity contribution >= 4 is 27.4 Å². The van der Waals surface area contributed by atoms with Crippen LogP contribution in [0.1, 0.15) is 30.4 Å². The summed E-state index contributed by atoms with van der Waals surface area (Å²) in [6, 6.07) is 11.7. The molecule has 1 aliphatic heterocycles. The third kappa shape index (κ3) is 5.47. The van der Waals surface area contributed by atoms with Crippen molar-refractivity contribution in [2.45, 2.75) is 31.2 Å². The Hall–Kier alpha value is -2.79. The number of nitrogens with zero attached hydrogens (tertiary/aromatic N) is 2. The SMILES string of the molecule is CC(=O)Nc1ccc2c(c1)C(CN1CCN(c3ccc(OS(=O)(=O)C(F)(F)F)cc3)CC1)CC2. The van der Waals surface area contributed by atoms with Gasteiger partial charge in [-0.25, -0.2) is 0 Å². The van der Waals surface area contributed by atoms with Crippen LogP contribution in [0.2, 0.25) is 0 Å². The largest absolute Gasteiger partial charge is 0.534 e. The molecule has 1 amide bonds. The normalized spacial score (nSPS) is 19.1. The summed E-state index contributed by atoms with van der Waals surface area (Å²) in [5.41, 5.74) is -1.24. The lowest BCUT2D eigenvalue weighted by Gasteiger charge is -2.37. The molecule has 1 saturated heterocycles. The monoisotopic (exact) mass is 497 g/mol. The standard InChI is InChI=1S/C23H26F3N3O4S/c1-16(30)27-19-5-4-17-2-3-18(22(17)14-19)15-28-10-12-29(13-11-28)20-6-8-21(9-7-20)33-34(31,32)23(24,25)26/h4-9,14,18H,2-3,10-13,15H2,1H3,(H,27,30). The Labute approximate surface area is 196 Å². The van der Waals surface area contributed by atoms with E-state index in [9.17, 15) is 26.4 Å². The number of fused-ring (bicyclic) bond motifs is 1. The minimum atomic E-state index is -5.68. The van der Waals surface area contributed by atoms with Crippen LogP contribution >= 0.6 is 0 Å². The van der Waals surface area contributed by atoms with E-state index in [4.69, 9.17) is 0 Å². The van der Waals surface area contributed by atoms with Gasteiger partial charge in [0, 0.05) is 51.0 Å². The zero-order valence-electron chi connectivity index (χ0n) is 18.6. The van der Waals surface area contributed by atoms with Crippen LogP contribution in [0, 0.1) is 0 Å². The first-order valence-corrected chi connectivity index (χ1v) is 12.4. The molecule has 1 N–H and O–H groups in total. The highest BCUT2D eigenvalue weighted by Gasteiger charge is 2.48. The van der Waals surface area contributed by atoms with Crippen molar-refractivity contribution in [3.05, 3.63) is 53.6 Å². The Balaban J connectivity index is 1.32. The number of carbonyl (C=O) groups is 1. The van der Waals surface area contributed by atoms with Gasteiger partial charge in [-0.05, 0) is 66.3 Å². The first kappa shape index (κ1) is 24.3. The maximum absolute atomic E-state index is 12.5. The summed E-state index contributed by atoms with van der Waals surface area (Å²) < 4.78 is 63.9. The second-order valence-electron chi connectivity index (χ2n) is 8.60. The Morgan fingerprint density at radius 2 is 1.76 bits per heavy atom. The average molecular weight is 498 g/mol. The molecule has 7 nitrogen and oxygen atoms in total. The van der Waals surface area contributed by atoms with Gasteiger partial charge in [0.15, 0.2) is 0 Å². The fourth-order valence-electron chi connectivity index (χ4n) is 4.55. The summed E-state index contributed by atoms with van der Waals surface area (Å²) in [6.45, 7) is 5.57. The van der Waals surface area contributed by atoms with E-state index in [2.05, 4.69) is 31.4 Å². The fraction of sp³-hybridized carbons (Fsp3) is 0.435. The Bertz CT molecular complexity index is 1150. The number of amides is 1. The fourth-order valence-corrected chi connectivity index (χ4v) is 5.00. The molecular formula is C23H26F3N3O4S. The number of anilines is 2. The number of piperazine rings is 1. The number of hydrogen-bond acceptors (Lipinski definition) is 6. The third-order valence-corrected chi connectivity index (χ3v) is 7.19. The van der Waals surface area contributed by atoms with E-state index in [1.807, 2.05) is 6.07 Å². The smallest absolute Gasteiger partial charge is 0.376 e. The molecular weight excluding hydrogens is 471 g/mol. The third-order valence-electron chi connectivity index (χ3n) is 6.21. The molecule has 1 aliphatic carbocycles. The van der Waals surface area contributed by atoms with Crippen LogP contribution in [-0.2, 0) is 21.3 Å². The summed E-state index contributed by atoms with van der Waals surface area (Å²) in [6.07, 6.45) is 2.10. The number of carbonyl (C=O) groups excluding carboxylic acids is 1. The first-order valence-electron chi connectivity index (χ1n) is 11.0. The van der Waals surface area contributed by atoms with E-state index in [-0.39, 0.29) is 11.7 Å². The molecule has 0 bridgehead atoms. The van der Waals surface area contributed by atoms with Gasteiger partial charge in [0.1, 0.15) is 5.75 Å². The van der Waals surface area contributed by atoms with Crippen LogP contribution in [0.15, 0.2) is 42.5 Å². The maximum atomic E-state index is 12.5. The molecule has 1 atom stereocenters. The number of hydrogen-bond donors (Lipinski definition) is 1. The molecule has 2 aromatic carbocycles. The van der Waals surface area contributed by atoms with E-state index < -0.39 is 15.6 Å². The minimum absolute atomic E-state index is 0.0906. The van der Waals surface area contributed by atoms with Crippen molar-refractivity contribution < 1.29 is 30.6 Å². The molecule has 1 fully saturated rings. The van der Waals surface area contributed by atoms with E-state index in [1.54, 1.807) is 12.1 Å². The van der Waals surface area contributed by atoms with Crippen molar-refractivity contribution in [3.63, 3.8) is 0 Å². The zero-order chi connectivity index (χ0) is 24.5. The summed E-state index contributed by atoms with van der Waals surface area (Å²) in [5.74, 6) is -0.0623. The molecule has 4 rings (SSSR count). The van der Waals surface area contributed by atoms with Gasteiger partial charge < -0.3 is 14.4 Å². The van der Waals surface area contributed by atoms with Gasteiger partial charge in [0.25, 0.3) is 0 Å². The van der Waals surface area contributed by atoms with Gasteiger partial charge in [-0.15, -0.1) is 0 Å². The van der Waals surface area contributed by atoms with Gasteiger partial charge in [-0.2, -0.15) is 21.6 Å². The molecule has 2 aliphatic rings. The van der Waals surface area contributed by atoms with Crippen LogP contribution in [0.3, 0.4) is 0 Å². The van der Waals surface area contributed by atoms with E-state index in [1.165, 1.54) is 30.2 Å². The lowest BCUT2D eigenvalue weighted by Crippen LogP contribution is -2.47. The van der Waals surface area contributed by atoms with E-state index >= 15 is 0 Å². The summed E-state index contributed by atoms with van der Waals surface area (Å²) >= 11 is 0. The predicted octanol–water partition coefficient (Wildman–Crippen LogP) is 3.73. The molecule has 184 valence electrons. The van der Waals surface area contributed by atoms with Crippen LogP contribution < -0.4 is 14.4 Å². The molecule has 0 spiro atoms. The van der Waals surface area contributed by atoms with Crippen LogP contribution in [-0.4, -0.2) is 57.5 Å². The second-order valence-corrected chi connectivity index (χ2v) is 10.1. The summed E-state index contributed by atoms with van der Waals surface area (Å²) in [7, 11) is -5.68. The maximum Gasteiger partial charge on any atom is 0.534 e. The van der Waals surface area contributed by atoms with Gasteiger partial charge in [0.05, 0.1) is 0 Å². The van der Waals surface area contributed by atoms with Gasteiger partial charge in [-0.3, -0.25) is 9.69 Å². The lowest BCUT2D eigenvalue weighted by molar-refractivity contribution is -0.114. The van der Waals surface area contributed by atoms with Crippen molar-refractivity contribution in [3.8, 4) is 5.75 Å². The van der Waals surface area contributed by atoms with E-state index in [0.29, 0.717) is 5.92 Å². The average Bonchev–Trinajstić information content (AvgIpc) is 3.15. The second kappa shape index (κ2) is 9.46. The Morgan fingerprint density at radius 1 is 1.09 bits per heavy atom. The molecule has 11 heteroatoms. The number of aryl methyl sites for hydroxylation is 1. The molecule has 2 aromatic rings.